The Morgan fingerprint density at radius 1 is 0.905 bits per heavy atom. The summed E-state index contributed by atoms with van der Waals surface area (Å²) < 4.78 is 6.55. The van der Waals surface area contributed by atoms with Crippen LogP contribution in [0.25, 0.3) is 22.9 Å². The van der Waals surface area contributed by atoms with Gasteiger partial charge in [0.1, 0.15) is 0 Å². The zero-order valence-electron chi connectivity index (χ0n) is 10.6. The number of rotatable bonds is 3. The van der Waals surface area contributed by atoms with Crippen LogP contribution in [0.3, 0.4) is 0 Å². The molecule has 2 aromatic carbocycles. The summed E-state index contributed by atoms with van der Waals surface area (Å²) in [5, 5.41) is 18.6. The number of nitro groups is 1. The highest BCUT2D eigenvalue weighted by Crippen LogP contribution is 2.26. The predicted molar refractivity (Wildman–Crippen MR) is 79.5 cm³/mol. The van der Waals surface area contributed by atoms with Gasteiger partial charge in [-0.25, -0.2) is 0 Å². The highest BCUT2D eigenvalue weighted by molar-refractivity contribution is 9.10. The lowest BCUT2D eigenvalue weighted by atomic mass is 10.2. The lowest BCUT2D eigenvalue weighted by Gasteiger charge is -1.96. The lowest BCUT2D eigenvalue weighted by molar-refractivity contribution is -0.384. The molecule has 0 aliphatic carbocycles. The fourth-order valence-corrected chi connectivity index (χ4v) is 2.04. The van der Waals surface area contributed by atoms with E-state index < -0.39 is 4.92 Å². The van der Waals surface area contributed by atoms with Crippen LogP contribution in [0, 0.1) is 10.1 Å². The van der Waals surface area contributed by atoms with Gasteiger partial charge in [-0.3, -0.25) is 10.1 Å². The molecule has 0 unspecified atom stereocenters. The van der Waals surface area contributed by atoms with Crippen molar-refractivity contribution in [3.05, 3.63) is 63.1 Å². The molecule has 0 saturated heterocycles. The first-order valence-corrected chi connectivity index (χ1v) is 6.77. The van der Waals surface area contributed by atoms with Gasteiger partial charge in [-0.05, 0) is 36.4 Å². The summed E-state index contributed by atoms with van der Waals surface area (Å²) in [6.07, 6.45) is 0. The first kappa shape index (κ1) is 13.4. The van der Waals surface area contributed by atoms with E-state index in [-0.39, 0.29) is 5.69 Å². The molecule has 0 N–H and O–H groups in total. The molecule has 0 atom stereocenters. The third-order valence-electron chi connectivity index (χ3n) is 2.84. The molecule has 3 rings (SSSR count). The summed E-state index contributed by atoms with van der Waals surface area (Å²) in [4.78, 5) is 10.2. The Morgan fingerprint density at radius 2 is 1.38 bits per heavy atom. The number of aromatic nitrogens is 2. The van der Waals surface area contributed by atoms with Crippen molar-refractivity contribution in [3.8, 4) is 22.9 Å². The van der Waals surface area contributed by atoms with Gasteiger partial charge in [0, 0.05) is 27.7 Å². The van der Waals surface area contributed by atoms with Gasteiger partial charge in [0.25, 0.3) is 5.69 Å². The Bertz CT molecular complexity index is 782. The second-order valence-electron chi connectivity index (χ2n) is 4.22. The Labute approximate surface area is 127 Å². The van der Waals surface area contributed by atoms with Crippen LogP contribution in [0.15, 0.2) is 57.4 Å². The second kappa shape index (κ2) is 5.45. The second-order valence-corrected chi connectivity index (χ2v) is 5.14. The number of non-ortho nitro benzene ring substituents is 1. The summed E-state index contributed by atoms with van der Waals surface area (Å²) in [5.41, 5.74) is 1.46. The van der Waals surface area contributed by atoms with E-state index in [1.165, 1.54) is 12.1 Å². The lowest BCUT2D eigenvalue weighted by Crippen LogP contribution is -1.87. The number of hydrogen-bond donors (Lipinski definition) is 0. The van der Waals surface area contributed by atoms with Crippen LogP contribution >= 0.6 is 15.9 Å². The van der Waals surface area contributed by atoms with Gasteiger partial charge in [-0.15, -0.1) is 10.2 Å². The quantitative estimate of drug-likeness (QED) is 0.527. The summed E-state index contributed by atoms with van der Waals surface area (Å²) in [6.45, 7) is 0. The van der Waals surface area contributed by atoms with Crippen LogP contribution < -0.4 is 0 Å². The molecule has 0 aliphatic rings. The van der Waals surface area contributed by atoms with Gasteiger partial charge in [-0.2, -0.15) is 0 Å². The normalized spacial score (nSPS) is 10.5. The van der Waals surface area contributed by atoms with E-state index in [2.05, 4.69) is 26.1 Å². The molecule has 0 bridgehead atoms. The van der Waals surface area contributed by atoms with Crippen LogP contribution in [-0.4, -0.2) is 15.1 Å². The van der Waals surface area contributed by atoms with E-state index in [9.17, 15) is 10.1 Å². The van der Waals surface area contributed by atoms with Gasteiger partial charge >= 0.3 is 0 Å². The molecule has 104 valence electrons. The third-order valence-corrected chi connectivity index (χ3v) is 3.37. The van der Waals surface area contributed by atoms with Crippen molar-refractivity contribution in [2.75, 3.05) is 0 Å². The van der Waals surface area contributed by atoms with Gasteiger partial charge in [0.2, 0.25) is 11.8 Å². The molecule has 0 radical (unpaired) electrons. The number of halogens is 1. The zero-order chi connectivity index (χ0) is 14.8. The standard InChI is InChI=1S/C14H8BrN3O3/c15-11-5-1-9(2-6-11)13-16-17-14(21-13)10-3-7-12(8-4-10)18(19)20/h1-8H. The number of nitro benzene ring substituents is 1. The minimum atomic E-state index is -0.454. The number of nitrogens with zero attached hydrogens (tertiary/aromatic N) is 3. The zero-order valence-corrected chi connectivity index (χ0v) is 12.1. The van der Waals surface area contributed by atoms with E-state index in [1.807, 2.05) is 24.3 Å². The van der Waals surface area contributed by atoms with Crippen LogP contribution in [0.1, 0.15) is 0 Å². The van der Waals surface area contributed by atoms with Crippen molar-refractivity contribution in [2.24, 2.45) is 0 Å². The minimum Gasteiger partial charge on any atom is -0.416 e. The summed E-state index contributed by atoms with van der Waals surface area (Å²) in [5.74, 6) is 0.721. The van der Waals surface area contributed by atoms with E-state index in [1.54, 1.807) is 12.1 Å². The van der Waals surface area contributed by atoms with Crippen LogP contribution in [0.4, 0.5) is 5.69 Å². The summed E-state index contributed by atoms with van der Waals surface area (Å²) in [7, 11) is 0. The topological polar surface area (TPSA) is 82.1 Å². The molecule has 0 saturated carbocycles. The molecule has 7 heteroatoms. The van der Waals surface area contributed by atoms with Gasteiger partial charge in [-0.1, -0.05) is 15.9 Å². The van der Waals surface area contributed by atoms with E-state index in [4.69, 9.17) is 4.42 Å². The Kier molecular flexibility index (Phi) is 3.49. The van der Waals surface area contributed by atoms with Crippen LogP contribution in [0.2, 0.25) is 0 Å². The molecular weight excluding hydrogens is 338 g/mol. The molecule has 0 spiro atoms. The molecule has 0 amide bonds. The summed E-state index contributed by atoms with van der Waals surface area (Å²) >= 11 is 3.36. The van der Waals surface area contributed by atoms with E-state index in [0.717, 1.165) is 10.0 Å². The SMILES string of the molecule is O=[N+]([O-])c1ccc(-c2nnc(-c3ccc(Br)cc3)o2)cc1. The van der Waals surface area contributed by atoms with Crippen molar-refractivity contribution < 1.29 is 9.34 Å². The van der Waals surface area contributed by atoms with Crippen molar-refractivity contribution in [1.82, 2.24) is 10.2 Å². The van der Waals surface area contributed by atoms with Gasteiger partial charge < -0.3 is 4.42 Å². The minimum absolute atomic E-state index is 0.0198. The first-order chi connectivity index (χ1) is 10.1. The maximum atomic E-state index is 10.6. The number of benzene rings is 2. The van der Waals surface area contributed by atoms with Gasteiger partial charge in [0.15, 0.2) is 0 Å². The van der Waals surface area contributed by atoms with Crippen LogP contribution in [0.5, 0.6) is 0 Å². The van der Waals surface area contributed by atoms with Crippen molar-refractivity contribution in [1.29, 1.82) is 0 Å². The molecule has 0 fully saturated rings. The average molecular weight is 346 g/mol. The molecule has 21 heavy (non-hydrogen) atoms. The highest BCUT2D eigenvalue weighted by Gasteiger charge is 2.12. The Hall–Kier alpha value is -2.54. The van der Waals surface area contributed by atoms with E-state index >= 15 is 0 Å². The molecule has 1 aromatic heterocycles. The largest absolute Gasteiger partial charge is 0.416 e. The first-order valence-electron chi connectivity index (χ1n) is 5.98. The predicted octanol–water partition coefficient (Wildman–Crippen LogP) is 4.07. The average Bonchev–Trinajstić information content (AvgIpc) is 2.98. The molecule has 0 aliphatic heterocycles. The fraction of sp³-hybridized carbons (Fsp3) is 0. The third kappa shape index (κ3) is 2.82. The fourth-order valence-electron chi connectivity index (χ4n) is 1.77. The van der Waals surface area contributed by atoms with Crippen LogP contribution in [-0.2, 0) is 0 Å². The Morgan fingerprint density at radius 3 is 1.86 bits per heavy atom. The highest BCUT2D eigenvalue weighted by atomic mass is 79.9. The smallest absolute Gasteiger partial charge is 0.269 e. The van der Waals surface area contributed by atoms with Crippen molar-refractivity contribution in [2.45, 2.75) is 0 Å². The molecule has 1 heterocycles. The molecule has 3 aromatic rings. The van der Waals surface area contributed by atoms with Crippen molar-refractivity contribution in [3.63, 3.8) is 0 Å². The van der Waals surface area contributed by atoms with Crippen molar-refractivity contribution >= 4 is 21.6 Å². The molecular formula is C14H8BrN3O3. The monoisotopic (exact) mass is 345 g/mol. The summed E-state index contributed by atoms with van der Waals surface area (Å²) in [6, 6.07) is 13.4. The van der Waals surface area contributed by atoms with Gasteiger partial charge in [0.05, 0.1) is 4.92 Å². The van der Waals surface area contributed by atoms with E-state index in [0.29, 0.717) is 17.3 Å². The Balaban J connectivity index is 1.90. The number of hydrogen-bond acceptors (Lipinski definition) is 5. The maximum absolute atomic E-state index is 10.6. The molecule has 6 nitrogen and oxygen atoms in total. The maximum Gasteiger partial charge on any atom is 0.269 e.